The van der Waals surface area contributed by atoms with Gasteiger partial charge < -0.3 is 33.7 Å². The Morgan fingerprint density at radius 2 is 1.76 bits per heavy atom. The second-order valence-electron chi connectivity index (χ2n) is 15.5. The van der Waals surface area contributed by atoms with E-state index < -0.39 is 68.8 Å². The van der Waals surface area contributed by atoms with E-state index in [0.29, 0.717) is 44.7 Å². The minimum atomic E-state index is -5.14. The number of alkyl halides is 3. The number of pyridine rings is 2. The summed E-state index contributed by atoms with van der Waals surface area (Å²) in [6.07, 6.45) is 2.76. The van der Waals surface area contributed by atoms with Crippen LogP contribution in [0.15, 0.2) is 70.8 Å². The Hall–Kier alpha value is -8.16. The number of aromatic carboxylic acids is 1. The van der Waals surface area contributed by atoms with E-state index in [2.05, 4.69) is 49.1 Å². The smallest absolute Gasteiger partial charge is 0.433 e. The topological polar surface area (TPSA) is 289 Å². The number of ether oxygens (including phenoxy) is 4. The van der Waals surface area contributed by atoms with Crippen molar-refractivity contribution in [3.05, 3.63) is 93.5 Å². The molecule has 4 N–H and O–H groups in total. The molecule has 0 atom stereocenters. The van der Waals surface area contributed by atoms with E-state index >= 15 is 0 Å². The van der Waals surface area contributed by atoms with Crippen molar-refractivity contribution < 1.29 is 74.3 Å². The average molecular weight is 1060 g/mol. The van der Waals surface area contributed by atoms with Gasteiger partial charge in [-0.2, -0.15) is 35.9 Å². The molecule has 0 saturated carbocycles. The number of nitrogens with one attached hydrogen (secondary N) is 2. The monoisotopic (exact) mass is 1060 g/mol. The number of carbonyl (C=O) groups excluding carboxylic acids is 2. The van der Waals surface area contributed by atoms with E-state index in [-0.39, 0.29) is 41.9 Å². The molecule has 0 spiro atoms. The van der Waals surface area contributed by atoms with Gasteiger partial charge in [-0.3, -0.25) is 20.0 Å². The molecule has 3 amide bonds. The molecule has 378 valence electrons. The fourth-order valence-corrected chi connectivity index (χ4v) is 8.57. The first-order chi connectivity index (χ1) is 33.9. The summed E-state index contributed by atoms with van der Waals surface area (Å²) >= 11 is 7.22. The number of carboxylic acids is 2. The van der Waals surface area contributed by atoms with E-state index in [9.17, 15) is 45.2 Å². The van der Waals surface area contributed by atoms with Crippen molar-refractivity contribution in [1.29, 1.82) is 0 Å². The summed E-state index contributed by atoms with van der Waals surface area (Å²) in [4.78, 5) is 66.5. The van der Waals surface area contributed by atoms with Crippen LogP contribution in [-0.2, 0) is 38.8 Å². The third-order valence-electron chi connectivity index (χ3n) is 9.65. The quantitative estimate of drug-likeness (QED) is 0.0890. The summed E-state index contributed by atoms with van der Waals surface area (Å²) in [5.74, 6) is -0.167. The zero-order valence-electron chi connectivity index (χ0n) is 37.6. The Bertz CT molecular complexity index is 3310. The first kappa shape index (κ1) is 53.2. The van der Waals surface area contributed by atoms with Crippen molar-refractivity contribution in [2.24, 2.45) is 10.4 Å². The second kappa shape index (κ2) is 21.9. The molecule has 72 heavy (non-hydrogen) atoms. The second-order valence-corrected chi connectivity index (χ2v) is 18.2. The van der Waals surface area contributed by atoms with Crippen LogP contribution in [0.25, 0.3) is 10.9 Å². The van der Waals surface area contributed by atoms with Crippen LogP contribution in [0.4, 0.5) is 39.7 Å². The van der Waals surface area contributed by atoms with Gasteiger partial charge in [0.25, 0.3) is 15.9 Å². The number of urea groups is 1. The predicted octanol–water partition coefficient (Wildman–Crippen LogP) is 5.72. The van der Waals surface area contributed by atoms with Gasteiger partial charge in [0.1, 0.15) is 34.2 Å². The summed E-state index contributed by atoms with van der Waals surface area (Å²) < 4.78 is 106. The highest BCUT2D eigenvalue weighted by Gasteiger charge is 2.37. The van der Waals surface area contributed by atoms with Gasteiger partial charge in [0.2, 0.25) is 22.5 Å². The number of hydrogen-bond acceptors (Lipinski definition) is 17. The fraction of sp³-hybridized carbons (Fsp3) is 0.256. The number of carbonyl (C=O) groups is 4. The summed E-state index contributed by atoms with van der Waals surface area (Å²) in [6.45, 7) is 4.66. The molecule has 0 bridgehead atoms. The molecule has 2 aliphatic rings. The Morgan fingerprint density at radius 3 is 2.40 bits per heavy atom. The van der Waals surface area contributed by atoms with Crippen LogP contribution in [0.2, 0.25) is 5.02 Å². The van der Waals surface area contributed by atoms with Gasteiger partial charge in [-0.25, -0.2) is 33.5 Å². The lowest BCUT2D eigenvalue weighted by atomic mass is 9.92. The summed E-state index contributed by atoms with van der Waals surface area (Å²) in [6, 6.07) is 10.0. The number of amides is 3. The molecule has 6 aromatic rings. The van der Waals surface area contributed by atoms with Crippen LogP contribution < -0.4 is 38.7 Å². The van der Waals surface area contributed by atoms with E-state index in [1.165, 1.54) is 53.6 Å². The molecular formula is C43H37ClF4N10O12S2. The molecule has 2 aliphatic heterocycles. The molecule has 29 heteroatoms. The Kier molecular flexibility index (Phi) is 16.2. The lowest BCUT2D eigenvalue weighted by Gasteiger charge is -2.28. The number of benzene rings is 2. The van der Waals surface area contributed by atoms with Crippen LogP contribution in [0.5, 0.6) is 23.3 Å². The number of carboxylic acid groups (broad SMARTS) is 2. The lowest BCUT2D eigenvalue weighted by Crippen LogP contribution is -2.39. The van der Waals surface area contributed by atoms with Gasteiger partial charge in [0.05, 0.1) is 43.1 Å². The summed E-state index contributed by atoms with van der Waals surface area (Å²) in [5.41, 5.74) is -1.51. The van der Waals surface area contributed by atoms with Gasteiger partial charge in [0, 0.05) is 42.1 Å². The molecule has 2 aromatic carbocycles. The molecule has 6 heterocycles. The predicted molar refractivity (Wildman–Crippen MR) is 246 cm³/mol. The van der Waals surface area contributed by atoms with Crippen molar-refractivity contribution in [2.45, 2.75) is 38.0 Å². The number of anilines is 2. The fourth-order valence-electron chi connectivity index (χ4n) is 6.55. The van der Waals surface area contributed by atoms with Crippen LogP contribution >= 0.6 is 23.1 Å². The van der Waals surface area contributed by atoms with Gasteiger partial charge in [-0.1, -0.05) is 31.4 Å². The standard InChI is InChI=1S/C18H17FN4O2S.C14H12F3N5O7S.C11H8ClNO3/c1-4-5-22-13-7-12(11(19)6-14(13)25-9-16(22)24)20-17-23-10-18(2,3)8-15(23)21-26-17;1-28-8-5-9(29-2)20-12(19-8)21-13(25)22-30(26,27)10-6(11(23)24)3-4-7(18-10)14(15,16)17;12-8-3-4-9(16-6-10(14)15)11-7(8)2-1-5-13-11/h1,6-7H,5,8-10H2,2-3H3;3-5H,1-2H3,(H,23,24)(H2,19,20,21,22,25);1-5H,6H2,(H,14,15)/b20-17-;;. The average Bonchev–Trinajstić information content (AvgIpc) is 3.84. The number of sulfonamides is 1. The summed E-state index contributed by atoms with van der Waals surface area (Å²) in [5, 5.41) is 19.3. The first-order valence-electron chi connectivity index (χ1n) is 20.2. The highest BCUT2D eigenvalue weighted by Crippen LogP contribution is 2.38. The molecule has 0 unspecified atom stereocenters. The minimum Gasteiger partial charge on any atom is -0.481 e. The molecule has 22 nitrogen and oxygen atoms in total. The number of terminal acetylenes is 1. The van der Waals surface area contributed by atoms with Crippen molar-refractivity contribution in [1.82, 2.24) is 33.6 Å². The zero-order chi connectivity index (χ0) is 52.7. The summed E-state index contributed by atoms with van der Waals surface area (Å²) in [7, 11) is -2.66. The van der Waals surface area contributed by atoms with Crippen molar-refractivity contribution >= 4 is 85.3 Å². The molecule has 0 saturated heterocycles. The maximum Gasteiger partial charge on any atom is 0.433 e. The van der Waals surface area contributed by atoms with E-state index in [1.54, 1.807) is 30.5 Å². The number of halogens is 5. The molecule has 0 fully saturated rings. The lowest BCUT2D eigenvalue weighted by molar-refractivity contribution is -0.141. The van der Waals surface area contributed by atoms with Crippen molar-refractivity contribution in [3.63, 3.8) is 0 Å². The molecule has 8 rings (SSSR count). The Labute approximate surface area is 413 Å². The molecular weight excluding hydrogens is 1020 g/mol. The number of nitrogens with zero attached hydrogens (tertiary/aromatic N) is 8. The maximum atomic E-state index is 14.5. The number of fused-ring (bicyclic) bond motifs is 3. The van der Waals surface area contributed by atoms with E-state index in [4.69, 9.17) is 47.2 Å². The SMILES string of the molecule is C#CCN1C(=O)COc2cc(F)c(/N=c3\snc4n3CC(C)(C)C4)cc21.COc1cc(OC)nc(NC(=O)NS(=O)(=O)c2nc(C(F)(F)F)ccc2C(=O)O)n1.O=C(O)COc1ccc(Cl)c2cccnc12. The number of hydrogen-bond donors (Lipinski definition) is 4. The normalized spacial score (nSPS) is 13.7. The van der Waals surface area contributed by atoms with Crippen molar-refractivity contribution in [3.8, 4) is 35.6 Å². The zero-order valence-corrected chi connectivity index (χ0v) is 40.0. The van der Waals surface area contributed by atoms with E-state index in [1.807, 2.05) is 9.88 Å². The number of rotatable bonds is 11. The largest absolute Gasteiger partial charge is 0.481 e. The van der Waals surface area contributed by atoms with Gasteiger partial charge in [0.15, 0.2) is 24.1 Å². The number of aromatic nitrogens is 6. The van der Waals surface area contributed by atoms with Crippen LogP contribution in [0.3, 0.4) is 0 Å². The maximum absolute atomic E-state index is 14.5. The minimum absolute atomic E-state index is 0.0623. The third-order valence-corrected chi connectivity index (χ3v) is 12.0. The Morgan fingerprint density at radius 1 is 1.06 bits per heavy atom. The highest BCUT2D eigenvalue weighted by atomic mass is 35.5. The first-order valence-corrected chi connectivity index (χ1v) is 22.9. The van der Waals surface area contributed by atoms with Crippen LogP contribution in [0, 0.1) is 23.6 Å². The third kappa shape index (κ3) is 12.8. The number of methoxy groups -OCH3 is 2. The van der Waals surface area contributed by atoms with Crippen LogP contribution in [-0.4, -0.2) is 105 Å². The highest BCUT2D eigenvalue weighted by molar-refractivity contribution is 7.90. The van der Waals surface area contributed by atoms with Gasteiger partial charge in [-0.05, 0) is 47.9 Å². The van der Waals surface area contributed by atoms with E-state index in [0.717, 1.165) is 24.2 Å². The molecule has 0 radical (unpaired) electrons. The number of aliphatic carboxylic acids is 1. The van der Waals surface area contributed by atoms with Gasteiger partial charge >= 0.3 is 24.1 Å². The van der Waals surface area contributed by atoms with Crippen molar-refractivity contribution in [2.75, 3.05) is 44.2 Å². The van der Waals surface area contributed by atoms with Gasteiger partial charge in [-0.15, -0.1) is 6.42 Å². The molecule has 4 aromatic heterocycles. The van der Waals surface area contributed by atoms with Crippen LogP contribution in [0.1, 0.15) is 35.7 Å². The molecule has 0 aliphatic carbocycles. The Balaban J connectivity index is 0.000000184.